The van der Waals surface area contributed by atoms with Gasteiger partial charge in [-0.25, -0.2) is 8.42 Å². The quantitative estimate of drug-likeness (QED) is 0.780. The van der Waals surface area contributed by atoms with E-state index in [2.05, 4.69) is 0 Å². The molecular formula is C9H10O5S. The molecule has 15 heavy (non-hydrogen) atoms. The number of carbonyl (C=O) groups is 1. The van der Waals surface area contributed by atoms with Crippen LogP contribution in [-0.2, 0) is 20.4 Å². The van der Waals surface area contributed by atoms with E-state index in [9.17, 15) is 13.2 Å². The van der Waals surface area contributed by atoms with E-state index >= 15 is 0 Å². The SMILES string of the molecule is O=C(O)CS(=O)(=O)Cc1cccc(O)c1. The first-order chi connectivity index (χ1) is 6.89. The van der Waals surface area contributed by atoms with Crippen LogP contribution in [0.15, 0.2) is 24.3 Å². The first kappa shape index (κ1) is 11.5. The Labute approximate surface area is 86.9 Å². The number of phenols is 1. The van der Waals surface area contributed by atoms with E-state index in [0.717, 1.165) is 0 Å². The van der Waals surface area contributed by atoms with Gasteiger partial charge in [-0.15, -0.1) is 0 Å². The third-order valence-electron chi connectivity index (χ3n) is 1.64. The largest absolute Gasteiger partial charge is 0.508 e. The molecule has 0 saturated carbocycles. The Morgan fingerprint density at radius 1 is 1.33 bits per heavy atom. The summed E-state index contributed by atoms with van der Waals surface area (Å²) in [7, 11) is -3.66. The van der Waals surface area contributed by atoms with Gasteiger partial charge in [0.1, 0.15) is 11.5 Å². The van der Waals surface area contributed by atoms with Crippen LogP contribution >= 0.6 is 0 Å². The zero-order valence-electron chi connectivity index (χ0n) is 7.75. The summed E-state index contributed by atoms with van der Waals surface area (Å²) in [5, 5.41) is 17.4. The van der Waals surface area contributed by atoms with Gasteiger partial charge in [0.15, 0.2) is 9.84 Å². The number of hydrogen-bond acceptors (Lipinski definition) is 4. The zero-order chi connectivity index (χ0) is 11.5. The second-order valence-corrected chi connectivity index (χ2v) is 5.16. The van der Waals surface area contributed by atoms with Crippen molar-refractivity contribution in [2.24, 2.45) is 0 Å². The molecule has 0 aliphatic rings. The lowest BCUT2D eigenvalue weighted by molar-refractivity contribution is -0.134. The number of rotatable bonds is 4. The van der Waals surface area contributed by atoms with E-state index in [4.69, 9.17) is 10.2 Å². The first-order valence-corrected chi connectivity index (χ1v) is 5.91. The maximum Gasteiger partial charge on any atom is 0.318 e. The molecule has 6 heteroatoms. The molecule has 1 aromatic carbocycles. The Balaban J connectivity index is 2.82. The molecule has 0 radical (unpaired) electrons. The molecule has 0 bridgehead atoms. The summed E-state index contributed by atoms with van der Waals surface area (Å²) >= 11 is 0. The lowest BCUT2D eigenvalue weighted by atomic mass is 10.2. The molecule has 1 aromatic rings. The van der Waals surface area contributed by atoms with Crippen molar-refractivity contribution in [3.05, 3.63) is 29.8 Å². The fourth-order valence-corrected chi connectivity index (χ4v) is 2.31. The second-order valence-electron chi connectivity index (χ2n) is 3.10. The van der Waals surface area contributed by atoms with Crippen molar-refractivity contribution in [2.45, 2.75) is 5.75 Å². The summed E-state index contributed by atoms with van der Waals surface area (Å²) < 4.78 is 22.5. The zero-order valence-corrected chi connectivity index (χ0v) is 8.57. The summed E-state index contributed by atoms with van der Waals surface area (Å²) in [6, 6.07) is 5.72. The van der Waals surface area contributed by atoms with E-state index in [-0.39, 0.29) is 11.5 Å². The molecule has 2 N–H and O–H groups in total. The number of carboxylic acid groups (broad SMARTS) is 1. The predicted octanol–water partition coefficient (Wildman–Crippen LogP) is 0.392. The van der Waals surface area contributed by atoms with Crippen LogP contribution in [0.1, 0.15) is 5.56 Å². The predicted molar refractivity (Wildman–Crippen MR) is 53.2 cm³/mol. The third kappa shape index (κ3) is 3.99. The van der Waals surface area contributed by atoms with Crippen molar-refractivity contribution in [3.8, 4) is 5.75 Å². The van der Waals surface area contributed by atoms with Crippen LogP contribution in [0.3, 0.4) is 0 Å². The van der Waals surface area contributed by atoms with Gasteiger partial charge in [-0.2, -0.15) is 0 Å². The van der Waals surface area contributed by atoms with E-state index in [1.807, 2.05) is 0 Å². The fourth-order valence-electron chi connectivity index (χ4n) is 1.14. The number of benzene rings is 1. The molecule has 0 heterocycles. The van der Waals surface area contributed by atoms with Gasteiger partial charge in [0.25, 0.3) is 0 Å². The van der Waals surface area contributed by atoms with Gasteiger partial charge >= 0.3 is 5.97 Å². The van der Waals surface area contributed by atoms with Crippen LogP contribution < -0.4 is 0 Å². The molecule has 5 nitrogen and oxygen atoms in total. The van der Waals surface area contributed by atoms with Crippen molar-refractivity contribution in [1.29, 1.82) is 0 Å². The van der Waals surface area contributed by atoms with E-state index in [0.29, 0.717) is 5.56 Å². The molecule has 0 fully saturated rings. The molecule has 0 aromatic heterocycles. The number of aromatic hydroxyl groups is 1. The van der Waals surface area contributed by atoms with Gasteiger partial charge in [-0.1, -0.05) is 12.1 Å². The van der Waals surface area contributed by atoms with Crippen LogP contribution in [0.5, 0.6) is 5.75 Å². The third-order valence-corrected chi connectivity index (χ3v) is 3.10. The highest BCUT2D eigenvalue weighted by Gasteiger charge is 2.16. The molecule has 0 spiro atoms. The summed E-state index contributed by atoms with van der Waals surface area (Å²) in [5.74, 6) is -2.70. The van der Waals surface area contributed by atoms with E-state index in [1.165, 1.54) is 24.3 Å². The van der Waals surface area contributed by atoms with Gasteiger partial charge in [0.2, 0.25) is 0 Å². The van der Waals surface area contributed by atoms with Gasteiger partial charge in [0, 0.05) is 0 Å². The average Bonchev–Trinajstić information content (AvgIpc) is 1.99. The van der Waals surface area contributed by atoms with Gasteiger partial charge in [0.05, 0.1) is 5.75 Å². The highest BCUT2D eigenvalue weighted by Crippen LogP contribution is 2.13. The average molecular weight is 230 g/mol. The lowest BCUT2D eigenvalue weighted by Crippen LogP contribution is -2.16. The van der Waals surface area contributed by atoms with Crippen molar-refractivity contribution < 1.29 is 23.4 Å². The molecular weight excluding hydrogens is 220 g/mol. The lowest BCUT2D eigenvalue weighted by Gasteiger charge is -2.02. The normalized spacial score (nSPS) is 11.2. The summed E-state index contributed by atoms with van der Waals surface area (Å²) in [5.41, 5.74) is 0.372. The maximum absolute atomic E-state index is 11.3. The van der Waals surface area contributed by atoms with Crippen molar-refractivity contribution >= 4 is 15.8 Å². The van der Waals surface area contributed by atoms with Crippen LogP contribution in [0.25, 0.3) is 0 Å². The molecule has 0 amide bonds. The Kier molecular flexibility index (Phi) is 3.31. The van der Waals surface area contributed by atoms with E-state index in [1.54, 1.807) is 0 Å². The van der Waals surface area contributed by atoms with Gasteiger partial charge in [-0.3, -0.25) is 4.79 Å². The number of aliphatic carboxylic acids is 1. The number of carboxylic acids is 1. The summed E-state index contributed by atoms with van der Waals surface area (Å²) in [6.45, 7) is 0. The number of phenolic OH excluding ortho intramolecular Hbond substituents is 1. The van der Waals surface area contributed by atoms with Gasteiger partial charge < -0.3 is 10.2 Å². The molecule has 0 aliphatic carbocycles. The first-order valence-electron chi connectivity index (χ1n) is 4.09. The summed E-state index contributed by atoms with van der Waals surface area (Å²) in [4.78, 5) is 10.2. The molecule has 82 valence electrons. The number of sulfone groups is 1. The van der Waals surface area contributed by atoms with Crippen LogP contribution in [0.2, 0.25) is 0 Å². The minimum absolute atomic E-state index is 0.0435. The molecule has 0 saturated heterocycles. The highest BCUT2D eigenvalue weighted by atomic mass is 32.2. The topological polar surface area (TPSA) is 91.7 Å². The molecule has 0 atom stereocenters. The maximum atomic E-state index is 11.3. The Bertz CT molecular complexity index is 463. The smallest absolute Gasteiger partial charge is 0.318 e. The molecule has 0 aliphatic heterocycles. The Morgan fingerprint density at radius 2 is 2.00 bits per heavy atom. The number of hydrogen-bond donors (Lipinski definition) is 2. The second kappa shape index (κ2) is 4.31. The minimum Gasteiger partial charge on any atom is -0.508 e. The monoisotopic (exact) mass is 230 g/mol. The standard InChI is InChI=1S/C9H10O5S/c10-8-3-1-2-7(4-8)5-15(13,14)6-9(11)12/h1-4,10H,5-6H2,(H,11,12). The highest BCUT2D eigenvalue weighted by molar-refractivity contribution is 7.91. The van der Waals surface area contributed by atoms with E-state index < -0.39 is 21.6 Å². The van der Waals surface area contributed by atoms with Crippen molar-refractivity contribution in [1.82, 2.24) is 0 Å². The van der Waals surface area contributed by atoms with Crippen LogP contribution in [0.4, 0.5) is 0 Å². The molecule has 0 unspecified atom stereocenters. The van der Waals surface area contributed by atoms with Gasteiger partial charge in [-0.05, 0) is 17.7 Å². The minimum atomic E-state index is -3.66. The summed E-state index contributed by atoms with van der Waals surface area (Å²) in [6.07, 6.45) is 0. The Morgan fingerprint density at radius 3 is 2.53 bits per heavy atom. The Hall–Kier alpha value is -1.56. The van der Waals surface area contributed by atoms with Crippen molar-refractivity contribution in [3.63, 3.8) is 0 Å². The fraction of sp³-hybridized carbons (Fsp3) is 0.222. The van der Waals surface area contributed by atoms with Crippen LogP contribution in [-0.4, -0.2) is 30.4 Å². The molecule has 1 rings (SSSR count). The van der Waals surface area contributed by atoms with Crippen LogP contribution in [0, 0.1) is 0 Å². The van der Waals surface area contributed by atoms with Crippen molar-refractivity contribution in [2.75, 3.05) is 5.75 Å².